The summed E-state index contributed by atoms with van der Waals surface area (Å²) in [5, 5.41) is 0.355. The number of anilines is 1. The Bertz CT molecular complexity index is 583. The zero-order valence-corrected chi connectivity index (χ0v) is 12.8. The largest absolute Gasteiger partial charge is 0.398 e. The molecule has 1 aromatic carbocycles. The van der Waals surface area contributed by atoms with E-state index in [1.54, 1.807) is 17.3 Å². The average Bonchev–Trinajstić information content (AvgIpc) is 3.14. The van der Waals surface area contributed by atoms with Crippen molar-refractivity contribution in [1.29, 1.82) is 0 Å². The van der Waals surface area contributed by atoms with Crippen molar-refractivity contribution in [2.75, 3.05) is 12.3 Å². The van der Waals surface area contributed by atoms with Crippen LogP contribution in [0.15, 0.2) is 17.0 Å². The van der Waals surface area contributed by atoms with Gasteiger partial charge >= 0.3 is 0 Å². The number of nitrogens with zero attached hydrogens (tertiary/aromatic N) is 1. The zero-order valence-electron chi connectivity index (χ0n) is 11.2. The molecule has 2 N–H and O–H groups in total. The Morgan fingerprint density at radius 2 is 2.05 bits per heavy atom. The summed E-state index contributed by atoms with van der Waals surface area (Å²) >= 11 is 5.94. The van der Waals surface area contributed by atoms with Crippen molar-refractivity contribution in [1.82, 2.24) is 4.31 Å². The molecule has 106 valence electrons. The van der Waals surface area contributed by atoms with Crippen molar-refractivity contribution >= 4 is 27.3 Å². The van der Waals surface area contributed by atoms with Gasteiger partial charge in [-0.15, -0.1) is 0 Å². The zero-order chi connectivity index (χ0) is 14.2. The molecule has 0 aliphatic heterocycles. The number of benzene rings is 1. The first-order valence-corrected chi connectivity index (χ1v) is 8.27. The molecule has 0 atom stereocenters. The molecule has 19 heavy (non-hydrogen) atoms. The van der Waals surface area contributed by atoms with Gasteiger partial charge in [0, 0.05) is 23.3 Å². The Morgan fingerprint density at radius 1 is 1.42 bits per heavy atom. The number of hydrogen-bond donors (Lipinski definition) is 1. The highest BCUT2D eigenvalue weighted by Gasteiger charge is 2.38. The Balaban J connectivity index is 2.49. The van der Waals surface area contributed by atoms with Gasteiger partial charge in [0.25, 0.3) is 0 Å². The van der Waals surface area contributed by atoms with E-state index in [1.165, 1.54) is 6.07 Å². The predicted octanol–water partition coefficient (Wildman–Crippen LogP) is 2.79. The minimum Gasteiger partial charge on any atom is -0.398 e. The van der Waals surface area contributed by atoms with Crippen LogP contribution in [0.5, 0.6) is 0 Å². The van der Waals surface area contributed by atoms with Gasteiger partial charge in [-0.1, -0.05) is 18.5 Å². The summed E-state index contributed by atoms with van der Waals surface area (Å²) in [7, 11) is -3.51. The maximum Gasteiger partial charge on any atom is 0.243 e. The Labute approximate surface area is 119 Å². The third kappa shape index (κ3) is 2.88. The molecule has 1 saturated carbocycles. The van der Waals surface area contributed by atoms with Gasteiger partial charge in [-0.25, -0.2) is 8.42 Å². The van der Waals surface area contributed by atoms with E-state index in [2.05, 4.69) is 0 Å². The fraction of sp³-hybridized carbons (Fsp3) is 0.538. The molecule has 1 fully saturated rings. The molecule has 6 heteroatoms. The summed E-state index contributed by atoms with van der Waals surface area (Å²) < 4.78 is 27.1. The van der Waals surface area contributed by atoms with Crippen molar-refractivity contribution in [2.45, 2.75) is 44.0 Å². The molecule has 0 radical (unpaired) electrons. The summed E-state index contributed by atoms with van der Waals surface area (Å²) in [6.45, 7) is 4.23. The second-order valence-corrected chi connectivity index (χ2v) is 7.26. The first kappa shape index (κ1) is 14.6. The second kappa shape index (κ2) is 5.31. The van der Waals surface area contributed by atoms with Crippen molar-refractivity contribution in [2.24, 2.45) is 0 Å². The summed E-state index contributed by atoms with van der Waals surface area (Å²) in [5.74, 6) is 0. The summed E-state index contributed by atoms with van der Waals surface area (Å²) in [5.41, 5.74) is 6.81. The van der Waals surface area contributed by atoms with Crippen LogP contribution in [0.4, 0.5) is 5.69 Å². The number of rotatable bonds is 5. The summed E-state index contributed by atoms with van der Waals surface area (Å²) in [4.78, 5) is 0.234. The summed E-state index contributed by atoms with van der Waals surface area (Å²) in [6.07, 6.45) is 2.67. The Morgan fingerprint density at radius 3 is 2.58 bits per heavy atom. The van der Waals surface area contributed by atoms with Crippen LogP contribution in [0.3, 0.4) is 0 Å². The van der Waals surface area contributed by atoms with Crippen LogP contribution in [0, 0.1) is 6.92 Å². The predicted molar refractivity (Wildman–Crippen MR) is 77.8 cm³/mol. The minimum atomic E-state index is -3.51. The number of nitrogens with two attached hydrogens (primary N) is 1. The molecule has 0 saturated heterocycles. The van der Waals surface area contributed by atoms with E-state index in [0.29, 0.717) is 22.8 Å². The lowest BCUT2D eigenvalue weighted by atomic mass is 10.2. The standard InChI is InChI=1S/C13H19ClN2O2S/c1-3-6-16(11-4-5-11)19(17,18)13-8-10(14)7-12(15)9(13)2/h7-8,11H,3-6,15H2,1-2H3. The first-order valence-electron chi connectivity index (χ1n) is 6.45. The quantitative estimate of drug-likeness (QED) is 0.851. The Kier molecular flexibility index (Phi) is 4.08. The molecule has 0 spiro atoms. The van der Waals surface area contributed by atoms with Crippen LogP contribution in [-0.4, -0.2) is 25.3 Å². The first-order chi connectivity index (χ1) is 8.87. The number of halogens is 1. The van der Waals surface area contributed by atoms with Gasteiger partial charge in [0.2, 0.25) is 10.0 Å². The molecule has 0 heterocycles. The third-order valence-corrected chi connectivity index (χ3v) is 5.65. The average molecular weight is 303 g/mol. The van der Waals surface area contributed by atoms with E-state index in [-0.39, 0.29) is 10.9 Å². The van der Waals surface area contributed by atoms with Crippen LogP contribution >= 0.6 is 11.6 Å². The van der Waals surface area contributed by atoms with Gasteiger partial charge in [-0.2, -0.15) is 4.31 Å². The van der Waals surface area contributed by atoms with Crippen molar-refractivity contribution < 1.29 is 8.42 Å². The highest BCUT2D eigenvalue weighted by molar-refractivity contribution is 7.89. The van der Waals surface area contributed by atoms with Gasteiger partial charge in [-0.05, 0) is 43.9 Å². The molecule has 1 aliphatic rings. The van der Waals surface area contributed by atoms with Crippen LogP contribution in [-0.2, 0) is 10.0 Å². The fourth-order valence-corrected chi connectivity index (χ4v) is 4.50. The molecule has 2 rings (SSSR count). The number of hydrogen-bond acceptors (Lipinski definition) is 3. The molecular weight excluding hydrogens is 284 g/mol. The monoisotopic (exact) mass is 302 g/mol. The smallest absolute Gasteiger partial charge is 0.243 e. The lowest BCUT2D eigenvalue weighted by Gasteiger charge is -2.22. The number of sulfonamides is 1. The fourth-order valence-electron chi connectivity index (χ4n) is 2.15. The van der Waals surface area contributed by atoms with Gasteiger partial charge in [0.1, 0.15) is 0 Å². The van der Waals surface area contributed by atoms with Crippen LogP contribution in [0.25, 0.3) is 0 Å². The van der Waals surface area contributed by atoms with E-state index in [4.69, 9.17) is 17.3 Å². The summed E-state index contributed by atoms with van der Waals surface area (Å²) in [6, 6.07) is 3.22. The molecular formula is C13H19ClN2O2S. The van der Waals surface area contributed by atoms with Crippen molar-refractivity contribution in [3.05, 3.63) is 22.7 Å². The SMILES string of the molecule is CCCN(C1CC1)S(=O)(=O)c1cc(Cl)cc(N)c1C. The molecule has 1 aromatic rings. The van der Waals surface area contributed by atoms with E-state index in [9.17, 15) is 8.42 Å². The van der Waals surface area contributed by atoms with E-state index in [1.807, 2.05) is 6.92 Å². The van der Waals surface area contributed by atoms with Gasteiger partial charge in [-0.3, -0.25) is 0 Å². The Hall–Kier alpha value is -0.780. The molecule has 0 amide bonds. The van der Waals surface area contributed by atoms with Gasteiger partial charge in [0.15, 0.2) is 0 Å². The van der Waals surface area contributed by atoms with E-state index >= 15 is 0 Å². The second-order valence-electron chi connectivity index (χ2n) is 4.97. The highest BCUT2D eigenvalue weighted by Crippen LogP contribution is 2.35. The third-order valence-electron chi connectivity index (χ3n) is 3.35. The van der Waals surface area contributed by atoms with Crippen molar-refractivity contribution in [3.8, 4) is 0 Å². The molecule has 0 aromatic heterocycles. The molecule has 0 unspecified atom stereocenters. The molecule has 0 bridgehead atoms. The maximum atomic E-state index is 12.7. The lowest BCUT2D eigenvalue weighted by Crippen LogP contribution is -2.34. The maximum absolute atomic E-state index is 12.7. The topological polar surface area (TPSA) is 63.4 Å². The number of nitrogen functional groups attached to an aromatic ring is 1. The molecule has 1 aliphatic carbocycles. The van der Waals surface area contributed by atoms with E-state index < -0.39 is 10.0 Å². The van der Waals surface area contributed by atoms with E-state index in [0.717, 1.165) is 19.3 Å². The van der Waals surface area contributed by atoms with Gasteiger partial charge in [0.05, 0.1) is 4.90 Å². The lowest BCUT2D eigenvalue weighted by molar-refractivity contribution is 0.403. The van der Waals surface area contributed by atoms with Crippen LogP contribution < -0.4 is 5.73 Å². The molecule has 4 nitrogen and oxygen atoms in total. The van der Waals surface area contributed by atoms with Crippen molar-refractivity contribution in [3.63, 3.8) is 0 Å². The highest BCUT2D eigenvalue weighted by atomic mass is 35.5. The van der Waals surface area contributed by atoms with Crippen LogP contribution in [0.1, 0.15) is 31.7 Å². The minimum absolute atomic E-state index is 0.143. The van der Waals surface area contributed by atoms with Crippen LogP contribution in [0.2, 0.25) is 5.02 Å². The van der Waals surface area contributed by atoms with Gasteiger partial charge < -0.3 is 5.73 Å². The normalized spacial score (nSPS) is 16.0.